The highest BCUT2D eigenvalue weighted by molar-refractivity contribution is 9.10. The van der Waals surface area contributed by atoms with Gasteiger partial charge < -0.3 is 10.2 Å². The van der Waals surface area contributed by atoms with Crippen molar-refractivity contribution in [2.24, 2.45) is 11.8 Å². The van der Waals surface area contributed by atoms with Gasteiger partial charge in [-0.15, -0.1) is 0 Å². The SMILES string of the molecule is CNC[C@@H]1CCN(C(=O)[C@H]2C[C@H]2c2ccc(Br)cc2)C1. The molecule has 2 fully saturated rings. The van der Waals surface area contributed by atoms with Gasteiger partial charge in [0.1, 0.15) is 0 Å². The summed E-state index contributed by atoms with van der Waals surface area (Å²) in [5.74, 6) is 1.67. The first-order valence-electron chi connectivity index (χ1n) is 7.38. The molecule has 20 heavy (non-hydrogen) atoms. The Morgan fingerprint density at radius 1 is 1.40 bits per heavy atom. The van der Waals surface area contributed by atoms with Gasteiger partial charge in [0.05, 0.1) is 0 Å². The first-order valence-corrected chi connectivity index (χ1v) is 8.17. The molecule has 0 aromatic heterocycles. The lowest BCUT2D eigenvalue weighted by Crippen LogP contribution is -2.31. The predicted molar refractivity (Wildman–Crippen MR) is 83.6 cm³/mol. The van der Waals surface area contributed by atoms with E-state index in [0.29, 0.717) is 17.7 Å². The molecule has 1 N–H and O–H groups in total. The van der Waals surface area contributed by atoms with E-state index in [4.69, 9.17) is 0 Å². The second-order valence-electron chi connectivity index (χ2n) is 6.00. The number of nitrogens with one attached hydrogen (secondary N) is 1. The Morgan fingerprint density at radius 3 is 2.85 bits per heavy atom. The minimum Gasteiger partial charge on any atom is -0.342 e. The molecule has 1 aromatic rings. The van der Waals surface area contributed by atoms with Crippen LogP contribution in [-0.4, -0.2) is 37.5 Å². The quantitative estimate of drug-likeness (QED) is 0.916. The molecule has 3 nitrogen and oxygen atoms in total. The van der Waals surface area contributed by atoms with Gasteiger partial charge in [-0.05, 0) is 56.0 Å². The highest BCUT2D eigenvalue weighted by Crippen LogP contribution is 2.49. The van der Waals surface area contributed by atoms with E-state index in [-0.39, 0.29) is 5.92 Å². The molecule has 3 atom stereocenters. The van der Waals surface area contributed by atoms with E-state index >= 15 is 0 Å². The summed E-state index contributed by atoms with van der Waals surface area (Å²) in [7, 11) is 1.98. The second-order valence-corrected chi connectivity index (χ2v) is 6.91. The number of likely N-dealkylation sites (tertiary alicyclic amines) is 1. The fourth-order valence-electron chi connectivity index (χ4n) is 3.27. The summed E-state index contributed by atoms with van der Waals surface area (Å²) in [6.07, 6.45) is 2.16. The smallest absolute Gasteiger partial charge is 0.226 e. The van der Waals surface area contributed by atoms with Crippen LogP contribution in [0.1, 0.15) is 24.3 Å². The summed E-state index contributed by atoms with van der Waals surface area (Å²) in [5.41, 5.74) is 1.30. The number of carbonyl (C=O) groups is 1. The zero-order valence-corrected chi connectivity index (χ0v) is 13.4. The molecule has 2 aliphatic rings. The zero-order valence-electron chi connectivity index (χ0n) is 11.8. The van der Waals surface area contributed by atoms with Gasteiger partial charge in [0, 0.05) is 23.5 Å². The van der Waals surface area contributed by atoms with Crippen molar-refractivity contribution in [3.63, 3.8) is 0 Å². The lowest BCUT2D eigenvalue weighted by molar-refractivity contribution is -0.131. The Labute approximate surface area is 128 Å². The van der Waals surface area contributed by atoms with Crippen LogP contribution < -0.4 is 5.32 Å². The van der Waals surface area contributed by atoms with Gasteiger partial charge >= 0.3 is 0 Å². The molecule has 1 aromatic carbocycles. The van der Waals surface area contributed by atoms with E-state index in [2.05, 4.69) is 50.4 Å². The molecular weight excluding hydrogens is 316 g/mol. The highest BCUT2D eigenvalue weighted by Gasteiger charge is 2.46. The van der Waals surface area contributed by atoms with E-state index in [1.165, 1.54) is 5.56 Å². The lowest BCUT2D eigenvalue weighted by atomic mass is 10.1. The number of hydrogen-bond acceptors (Lipinski definition) is 2. The van der Waals surface area contributed by atoms with Crippen molar-refractivity contribution in [1.29, 1.82) is 0 Å². The topological polar surface area (TPSA) is 32.3 Å². The van der Waals surface area contributed by atoms with Crippen LogP contribution in [0.2, 0.25) is 0 Å². The first kappa shape index (κ1) is 14.1. The third-order valence-corrected chi connectivity index (χ3v) is 5.02. The Bertz CT molecular complexity index is 488. The molecule has 0 radical (unpaired) electrons. The molecule has 0 bridgehead atoms. The molecule has 1 aliphatic carbocycles. The third kappa shape index (κ3) is 2.91. The molecule has 4 heteroatoms. The van der Waals surface area contributed by atoms with Gasteiger partial charge in [-0.2, -0.15) is 0 Å². The van der Waals surface area contributed by atoms with E-state index in [9.17, 15) is 4.79 Å². The molecule has 1 aliphatic heterocycles. The molecule has 108 valence electrons. The molecule has 1 saturated heterocycles. The zero-order chi connectivity index (χ0) is 14.1. The summed E-state index contributed by atoms with van der Waals surface area (Å²) in [6, 6.07) is 8.40. The molecule has 0 spiro atoms. The number of rotatable bonds is 4. The van der Waals surface area contributed by atoms with Crippen LogP contribution >= 0.6 is 15.9 Å². The van der Waals surface area contributed by atoms with Crippen LogP contribution in [0.4, 0.5) is 0 Å². The average Bonchev–Trinajstić information content (AvgIpc) is 3.11. The summed E-state index contributed by atoms with van der Waals surface area (Å²) in [6.45, 7) is 2.89. The van der Waals surface area contributed by atoms with Crippen molar-refractivity contribution in [2.75, 3.05) is 26.7 Å². The van der Waals surface area contributed by atoms with Crippen molar-refractivity contribution < 1.29 is 4.79 Å². The first-order chi connectivity index (χ1) is 9.69. The molecule has 1 amide bonds. The molecule has 0 unspecified atom stereocenters. The summed E-state index contributed by atoms with van der Waals surface area (Å²) in [5, 5.41) is 3.21. The van der Waals surface area contributed by atoms with E-state index in [1.807, 2.05) is 7.05 Å². The van der Waals surface area contributed by atoms with Crippen molar-refractivity contribution in [2.45, 2.75) is 18.8 Å². The van der Waals surface area contributed by atoms with E-state index in [1.54, 1.807) is 0 Å². The fourth-order valence-corrected chi connectivity index (χ4v) is 3.53. The lowest BCUT2D eigenvalue weighted by Gasteiger charge is -2.16. The summed E-state index contributed by atoms with van der Waals surface area (Å²) in [4.78, 5) is 14.6. The second kappa shape index (κ2) is 5.86. The molecular formula is C16H21BrN2O. The number of halogens is 1. The Hall–Kier alpha value is -0.870. The normalized spacial score (nSPS) is 28.7. The van der Waals surface area contributed by atoms with Gasteiger partial charge in [-0.25, -0.2) is 0 Å². The summed E-state index contributed by atoms with van der Waals surface area (Å²) >= 11 is 3.45. The maximum absolute atomic E-state index is 12.5. The van der Waals surface area contributed by atoms with Crippen LogP contribution in [-0.2, 0) is 4.79 Å². The molecule has 3 rings (SSSR count). The van der Waals surface area contributed by atoms with Crippen molar-refractivity contribution >= 4 is 21.8 Å². The molecule has 1 heterocycles. The largest absolute Gasteiger partial charge is 0.342 e. The third-order valence-electron chi connectivity index (χ3n) is 4.50. The van der Waals surface area contributed by atoms with Crippen molar-refractivity contribution in [3.05, 3.63) is 34.3 Å². The van der Waals surface area contributed by atoms with Gasteiger partial charge in [-0.1, -0.05) is 28.1 Å². The summed E-state index contributed by atoms with van der Waals surface area (Å²) < 4.78 is 1.10. The number of benzene rings is 1. The minimum atomic E-state index is 0.226. The average molecular weight is 337 g/mol. The Kier molecular flexibility index (Phi) is 4.13. The predicted octanol–water partition coefficient (Wildman–Crippen LogP) is 2.62. The van der Waals surface area contributed by atoms with Gasteiger partial charge in [0.25, 0.3) is 0 Å². The maximum atomic E-state index is 12.5. The number of hydrogen-bond donors (Lipinski definition) is 1. The van der Waals surface area contributed by atoms with E-state index < -0.39 is 0 Å². The van der Waals surface area contributed by atoms with Crippen LogP contribution in [0.25, 0.3) is 0 Å². The molecule has 1 saturated carbocycles. The number of nitrogens with zero attached hydrogens (tertiary/aromatic N) is 1. The van der Waals surface area contributed by atoms with Crippen LogP contribution in [0.15, 0.2) is 28.7 Å². The van der Waals surface area contributed by atoms with Crippen molar-refractivity contribution in [1.82, 2.24) is 10.2 Å². The van der Waals surface area contributed by atoms with Crippen LogP contribution in [0.3, 0.4) is 0 Å². The number of amides is 1. The Morgan fingerprint density at radius 2 is 2.15 bits per heavy atom. The van der Waals surface area contributed by atoms with Gasteiger partial charge in [0.2, 0.25) is 5.91 Å². The van der Waals surface area contributed by atoms with Gasteiger partial charge in [-0.3, -0.25) is 4.79 Å². The van der Waals surface area contributed by atoms with Crippen LogP contribution in [0, 0.1) is 11.8 Å². The van der Waals surface area contributed by atoms with E-state index in [0.717, 1.165) is 36.9 Å². The maximum Gasteiger partial charge on any atom is 0.226 e. The Balaban J connectivity index is 1.56. The monoisotopic (exact) mass is 336 g/mol. The highest BCUT2D eigenvalue weighted by atomic mass is 79.9. The van der Waals surface area contributed by atoms with Crippen LogP contribution in [0.5, 0.6) is 0 Å². The standard InChI is InChI=1S/C16H21BrN2O/c1-18-9-11-6-7-19(10-11)16(20)15-8-14(15)12-2-4-13(17)5-3-12/h2-5,11,14-15,18H,6-10H2,1H3/t11-,14-,15-/m0/s1. The van der Waals surface area contributed by atoms with Crippen molar-refractivity contribution in [3.8, 4) is 0 Å². The fraction of sp³-hybridized carbons (Fsp3) is 0.562. The van der Waals surface area contributed by atoms with Gasteiger partial charge in [0.15, 0.2) is 0 Å². The number of carbonyl (C=O) groups excluding carboxylic acids is 1. The minimum absolute atomic E-state index is 0.226.